The number of aryl methyl sites for hydroxylation is 1. The number of para-hydroxylation sites is 2. The molecular formula is C26H28N2O2. The van der Waals surface area contributed by atoms with Crippen molar-refractivity contribution in [2.75, 3.05) is 6.54 Å². The van der Waals surface area contributed by atoms with Gasteiger partial charge in [0.1, 0.15) is 5.58 Å². The van der Waals surface area contributed by atoms with E-state index in [-0.39, 0.29) is 5.91 Å². The Morgan fingerprint density at radius 1 is 1.00 bits per heavy atom. The molecule has 30 heavy (non-hydrogen) atoms. The van der Waals surface area contributed by atoms with Gasteiger partial charge in [-0.15, -0.1) is 0 Å². The van der Waals surface area contributed by atoms with E-state index in [0.29, 0.717) is 18.2 Å². The summed E-state index contributed by atoms with van der Waals surface area (Å²) in [5, 5.41) is 2.19. The van der Waals surface area contributed by atoms with Crippen LogP contribution >= 0.6 is 0 Å². The average Bonchev–Trinajstić information content (AvgIpc) is 3.35. The van der Waals surface area contributed by atoms with Gasteiger partial charge in [-0.05, 0) is 48.4 Å². The van der Waals surface area contributed by atoms with Crippen molar-refractivity contribution in [2.24, 2.45) is 13.0 Å². The summed E-state index contributed by atoms with van der Waals surface area (Å²) in [6, 6.07) is 20.3. The molecule has 154 valence electrons. The molecule has 4 aromatic rings. The molecule has 2 heterocycles. The molecule has 0 saturated heterocycles. The molecule has 4 heteroatoms. The molecule has 0 spiro atoms. The van der Waals surface area contributed by atoms with Crippen LogP contribution in [-0.2, 0) is 13.6 Å². The van der Waals surface area contributed by atoms with Gasteiger partial charge in [-0.1, -0.05) is 55.7 Å². The molecule has 0 radical (unpaired) electrons. The SMILES string of the molecule is Cn1c(CN(CC2CCCCC2)C(=O)c2cc3ccccc3o2)cc2ccccc21. The molecule has 1 saturated carbocycles. The molecule has 2 aromatic carbocycles. The molecule has 0 aliphatic heterocycles. The van der Waals surface area contributed by atoms with Gasteiger partial charge in [0.2, 0.25) is 0 Å². The van der Waals surface area contributed by atoms with Gasteiger partial charge in [0, 0.05) is 30.2 Å². The predicted molar refractivity (Wildman–Crippen MR) is 120 cm³/mol. The van der Waals surface area contributed by atoms with Gasteiger partial charge in [0.05, 0.1) is 6.54 Å². The smallest absolute Gasteiger partial charge is 0.289 e. The summed E-state index contributed by atoms with van der Waals surface area (Å²) in [6.45, 7) is 1.38. The maximum absolute atomic E-state index is 13.5. The van der Waals surface area contributed by atoms with E-state index in [1.165, 1.54) is 43.0 Å². The number of rotatable bonds is 5. The third-order valence-corrected chi connectivity index (χ3v) is 6.53. The van der Waals surface area contributed by atoms with Crippen molar-refractivity contribution < 1.29 is 9.21 Å². The molecule has 1 amide bonds. The van der Waals surface area contributed by atoms with Crippen LogP contribution in [0.25, 0.3) is 21.9 Å². The Bertz CT molecular complexity index is 1150. The molecule has 0 N–H and O–H groups in total. The van der Waals surface area contributed by atoms with Crippen molar-refractivity contribution in [2.45, 2.75) is 38.6 Å². The molecule has 0 bridgehead atoms. The number of hydrogen-bond donors (Lipinski definition) is 0. The molecule has 1 aliphatic rings. The second-order valence-electron chi connectivity index (χ2n) is 8.59. The first-order valence-corrected chi connectivity index (χ1v) is 11.0. The lowest BCUT2D eigenvalue weighted by Gasteiger charge is -2.29. The van der Waals surface area contributed by atoms with E-state index in [4.69, 9.17) is 4.42 Å². The zero-order valence-corrected chi connectivity index (χ0v) is 17.5. The third kappa shape index (κ3) is 3.62. The highest BCUT2D eigenvalue weighted by molar-refractivity contribution is 5.96. The van der Waals surface area contributed by atoms with E-state index >= 15 is 0 Å². The van der Waals surface area contributed by atoms with Gasteiger partial charge in [0.25, 0.3) is 5.91 Å². The number of nitrogens with zero attached hydrogens (tertiary/aromatic N) is 2. The van der Waals surface area contributed by atoms with E-state index in [1.54, 1.807) is 0 Å². The average molecular weight is 401 g/mol. The van der Waals surface area contributed by atoms with Crippen LogP contribution in [0.3, 0.4) is 0 Å². The van der Waals surface area contributed by atoms with Crippen LogP contribution in [0.1, 0.15) is 48.4 Å². The molecule has 0 atom stereocenters. The molecule has 1 aliphatic carbocycles. The minimum absolute atomic E-state index is 0.0120. The fraction of sp³-hybridized carbons (Fsp3) is 0.346. The van der Waals surface area contributed by atoms with E-state index in [0.717, 1.165) is 23.2 Å². The first kappa shape index (κ1) is 19.0. The Balaban J connectivity index is 1.47. The Morgan fingerprint density at radius 2 is 1.73 bits per heavy atom. The minimum atomic E-state index is -0.0120. The summed E-state index contributed by atoms with van der Waals surface area (Å²) >= 11 is 0. The molecule has 4 nitrogen and oxygen atoms in total. The lowest BCUT2D eigenvalue weighted by atomic mass is 9.89. The van der Waals surface area contributed by atoms with Crippen LogP contribution in [0, 0.1) is 5.92 Å². The van der Waals surface area contributed by atoms with Crippen molar-refractivity contribution in [1.82, 2.24) is 9.47 Å². The fourth-order valence-electron chi connectivity index (χ4n) is 4.84. The number of furan rings is 1. The molecule has 1 fully saturated rings. The number of carbonyl (C=O) groups excluding carboxylic acids is 1. The summed E-state index contributed by atoms with van der Waals surface area (Å²) in [4.78, 5) is 15.5. The van der Waals surface area contributed by atoms with Gasteiger partial charge in [-0.3, -0.25) is 4.79 Å². The summed E-state index contributed by atoms with van der Waals surface area (Å²) in [5.41, 5.74) is 3.11. The van der Waals surface area contributed by atoms with Crippen molar-refractivity contribution in [3.8, 4) is 0 Å². The minimum Gasteiger partial charge on any atom is -0.451 e. The lowest BCUT2D eigenvalue weighted by molar-refractivity contribution is 0.0665. The maximum Gasteiger partial charge on any atom is 0.289 e. The second kappa shape index (κ2) is 8.02. The monoisotopic (exact) mass is 400 g/mol. The lowest BCUT2D eigenvalue weighted by Crippen LogP contribution is -2.36. The number of hydrogen-bond acceptors (Lipinski definition) is 2. The van der Waals surface area contributed by atoms with E-state index in [2.05, 4.69) is 41.9 Å². The summed E-state index contributed by atoms with van der Waals surface area (Å²) in [7, 11) is 2.09. The van der Waals surface area contributed by atoms with Crippen molar-refractivity contribution in [3.05, 3.63) is 72.1 Å². The first-order valence-electron chi connectivity index (χ1n) is 11.0. The molecule has 2 aromatic heterocycles. The van der Waals surface area contributed by atoms with Crippen LogP contribution in [0.2, 0.25) is 0 Å². The van der Waals surface area contributed by atoms with Gasteiger partial charge in [-0.2, -0.15) is 0 Å². The zero-order valence-electron chi connectivity index (χ0n) is 17.5. The highest BCUT2D eigenvalue weighted by Gasteiger charge is 2.25. The molecule has 0 unspecified atom stereocenters. The maximum atomic E-state index is 13.5. The van der Waals surface area contributed by atoms with Crippen molar-refractivity contribution in [3.63, 3.8) is 0 Å². The van der Waals surface area contributed by atoms with Gasteiger partial charge >= 0.3 is 0 Å². The largest absolute Gasteiger partial charge is 0.451 e. The standard InChI is InChI=1S/C26H28N2O2/c1-27-22(15-20-11-5-7-13-23(20)27)18-28(17-19-9-3-2-4-10-19)26(29)25-16-21-12-6-8-14-24(21)30-25/h5-8,11-16,19H,2-4,9-10,17-18H2,1H3. The molecule has 5 rings (SSSR count). The van der Waals surface area contributed by atoms with E-state index in [1.807, 2.05) is 35.2 Å². The number of fused-ring (bicyclic) bond motifs is 2. The number of amides is 1. The topological polar surface area (TPSA) is 38.4 Å². The van der Waals surface area contributed by atoms with Crippen LogP contribution in [0.5, 0.6) is 0 Å². The highest BCUT2D eigenvalue weighted by atomic mass is 16.3. The first-order chi connectivity index (χ1) is 14.7. The van der Waals surface area contributed by atoms with Gasteiger partial charge in [-0.25, -0.2) is 0 Å². The van der Waals surface area contributed by atoms with Gasteiger partial charge in [0.15, 0.2) is 5.76 Å². The van der Waals surface area contributed by atoms with Crippen LogP contribution in [0.15, 0.2) is 65.1 Å². The Morgan fingerprint density at radius 3 is 2.50 bits per heavy atom. The van der Waals surface area contributed by atoms with Crippen LogP contribution in [-0.4, -0.2) is 21.9 Å². The van der Waals surface area contributed by atoms with Crippen molar-refractivity contribution >= 4 is 27.8 Å². The van der Waals surface area contributed by atoms with Crippen LogP contribution in [0.4, 0.5) is 0 Å². The van der Waals surface area contributed by atoms with Crippen molar-refractivity contribution in [1.29, 1.82) is 0 Å². The van der Waals surface area contributed by atoms with Crippen LogP contribution < -0.4 is 0 Å². The molecular weight excluding hydrogens is 372 g/mol. The Kier molecular flexibility index (Phi) is 5.07. The summed E-state index contributed by atoms with van der Waals surface area (Å²) in [5.74, 6) is 0.995. The fourth-order valence-corrected chi connectivity index (χ4v) is 4.84. The summed E-state index contributed by atoms with van der Waals surface area (Å²) in [6.07, 6.45) is 6.27. The van der Waals surface area contributed by atoms with Gasteiger partial charge < -0.3 is 13.9 Å². The highest BCUT2D eigenvalue weighted by Crippen LogP contribution is 2.28. The number of aromatic nitrogens is 1. The Labute approximate surface area is 177 Å². The van der Waals surface area contributed by atoms with E-state index < -0.39 is 0 Å². The zero-order chi connectivity index (χ0) is 20.5. The second-order valence-corrected chi connectivity index (χ2v) is 8.59. The Hall–Kier alpha value is -3.01. The number of carbonyl (C=O) groups is 1. The predicted octanol–water partition coefficient (Wildman–Crippen LogP) is 6.15. The normalized spacial score (nSPS) is 15.1. The quantitative estimate of drug-likeness (QED) is 0.403. The van der Waals surface area contributed by atoms with E-state index in [9.17, 15) is 4.79 Å². The summed E-state index contributed by atoms with van der Waals surface area (Å²) < 4.78 is 8.13. The third-order valence-electron chi connectivity index (χ3n) is 6.53. The number of benzene rings is 2.